The van der Waals surface area contributed by atoms with E-state index < -0.39 is 4.75 Å². The molecule has 3 aromatic heterocycles. The fourth-order valence-electron chi connectivity index (χ4n) is 7.50. The average molecular weight is 741 g/mol. The van der Waals surface area contributed by atoms with E-state index in [2.05, 4.69) is 86.6 Å². The summed E-state index contributed by atoms with van der Waals surface area (Å²) >= 11 is 5.12. The number of carbonyl (C=O) groups is 2. The lowest BCUT2D eigenvalue weighted by Gasteiger charge is -2.36. The monoisotopic (exact) mass is 740 g/mol. The molecule has 6 heterocycles. The van der Waals surface area contributed by atoms with Crippen molar-refractivity contribution in [2.75, 3.05) is 19.3 Å². The molecule has 4 aromatic rings. The minimum Gasteiger partial charge on any atom is -0.341 e. The van der Waals surface area contributed by atoms with Gasteiger partial charge in [0.2, 0.25) is 11.8 Å². The Kier molecular flexibility index (Phi) is 9.74. The zero-order chi connectivity index (χ0) is 36.2. The molecule has 3 aliphatic rings. The Morgan fingerprint density at radius 1 is 1.12 bits per heavy atom. The predicted octanol–water partition coefficient (Wildman–Crippen LogP) is 9.03. The Morgan fingerprint density at radius 2 is 1.92 bits per heavy atom. The lowest BCUT2D eigenvalue weighted by atomic mass is 9.95. The maximum absolute atomic E-state index is 13.7. The summed E-state index contributed by atoms with van der Waals surface area (Å²) in [6.45, 7) is 14.2. The second-order valence-electron chi connectivity index (χ2n) is 15.0. The van der Waals surface area contributed by atoms with E-state index in [0.717, 1.165) is 88.0 Å². The Morgan fingerprint density at radius 3 is 2.65 bits per heavy atom. The van der Waals surface area contributed by atoms with Crippen LogP contribution in [0.1, 0.15) is 101 Å². The third-order valence-electron chi connectivity index (χ3n) is 11.5. The number of thioether (sulfide) groups is 2. The van der Waals surface area contributed by atoms with Crippen molar-refractivity contribution in [3.8, 4) is 22.9 Å². The van der Waals surface area contributed by atoms with Crippen LogP contribution in [0.5, 0.6) is 0 Å². The highest BCUT2D eigenvalue weighted by Crippen LogP contribution is 2.70. The largest absolute Gasteiger partial charge is 0.341 e. The van der Waals surface area contributed by atoms with Crippen molar-refractivity contribution in [3.63, 3.8) is 0 Å². The Balaban J connectivity index is 1.07. The molecule has 0 saturated carbocycles. The number of carbonyl (C=O) groups excluding carboxylic acids is 2. The van der Waals surface area contributed by atoms with Crippen molar-refractivity contribution in [2.45, 2.75) is 88.1 Å². The number of hydrogen-bond donors (Lipinski definition) is 2. The summed E-state index contributed by atoms with van der Waals surface area (Å²) < 4.78 is -0.465. The third kappa shape index (κ3) is 6.35. The zero-order valence-electron chi connectivity index (χ0n) is 30.6. The first kappa shape index (κ1) is 35.9. The molecule has 11 heteroatoms. The predicted molar refractivity (Wildman–Crippen MR) is 213 cm³/mol. The molecular weight excluding hydrogens is 693 g/mol. The maximum atomic E-state index is 13.7. The number of amides is 2. The van der Waals surface area contributed by atoms with Gasteiger partial charge in [-0.1, -0.05) is 46.6 Å². The van der Waals surface area contributed by atoms with Crippen LogP contribution in [0.15, 0.2) is 36.5 Å². The van der Waals surface area contributed by atoms with Crippen LogP contribution >= 0.6 is 34.9 Å². The molecule has 0 radical (unpaired) electrons. The van der Waals surface area contributed by atoms with E-state index in [4.69, 9.17) is 16.4 Å². The van der Waals surface area contributed by atoms with E-state index in [0.29, 0.717) is 5.92 Å². The molecule has 0 aliphatic carbocycles. The SMILES string of the molecule is C#CC(=Cc1ccc2nc(C3SC34CCCN4C(=O)C(C)C(C)C)[nH]c2c1)c1ccc(-c2cnc(C3CCCN3C(=O)C(C)(SC)C(C)C)[nH]2)s1. The topological polar surface area (TPSA) is 98.0 Å². The minimum absolute atomic E-state index is 0.0137. The zero-order valence-corrected chi connectivity index (χ0v) is 33.0. The summed E-state index contributed by atoms with van der Waals surface area (Å²) in [7, 11) is 0. The summed E-state index contributed by atoms with van der Waals surface area (Å²) in [4.78, 5) is 50.0. The number of thiophene rings is 1. The number of allylic oxidation sites excluding steroid dienone is 1. The second-order valence-corrected chi connectivity index (χ2v) is 18.8. The van der Waals surface area contributed by atoms with Gasteiger partial charge in [0.15, 0.2) is 0 Å². The number of terminal acetylenes is 1. The van der Waals surface area contributed by atoms with Gasteiger partial charge in [-0.15, -0.1) is 41.3 Å². The molecular formula is C40H48N6O2S3. The highest BCUT2D eigenvalue weighted by atomic mass is 32.2. The highest BCUT2D eigenvalue weighted by molar-refractivity contribution is 8.08. The molecule has 268 valence electrons. The van der Waals surface area contributed by atoms with Gasteiger partial charge in [0.1, 0.15) is 16.5 Å². The van der Waals surface area contributed by atoms with Crippen LogP contribution in [0.4, 0.5) is 0 Å². The molecule has 3 aliphatic heterocycles. The Bertz CT molecular complexity index is 2040. The molecule has 7 rings (SSSR count). The van der Waals surface area contributed by atoms with Crippen molar-refractivity contribution in [1.82, 2.24) is 29.7 Å². The van der Waals surface area contributed by atoms with E-state index in [-0.39, 0.29) is 39.8 Å². The first-order chi connectivity index (χ1) is 24.4. The number of hydrogen-bond acceptors (Lipinski definition) is 7. The number of benzene rings is 1. The number of likely N-dealkylation sites (tertiary alicyclic amines) is 2. The van der Waals surface area contributed by atoms with Crippen LogP contribution < -0.4 is 0 Å². The van der Waals surface area contributed by atoms with Crippen molar-refractivity contribution in [3.05, 3.63) is 58.6 Å². The molecule has 1 spiro atoms. The van der Waals surface area contributed by atoms with Gasteiger partial charge in [-0.3, -0.25) is 9.59 Å². The lowest BCUT2D eigenvalue weighted by molar-refractivity contribution is -0.137. The van der Waals surface area contributed by atoms with Gasteiger partial charge in [-0.25, -0.2) is 9.97 Å². The Hall–Kier alpha value is -3.46. The van der Waals surface area contributed by atoms with Crippen LogP contribution in [0, 0.1) is 30.1 Å². The van der Waals surface area contributed by atoms with Gasteiger partial charge in [-0.05, 0) is 86.6 Å². The molecule has 8 nitrogen and oxygen atoms in total. The summed E-state index contributed by atoms with van der Waals surface area (Å²) in [5, 5.41) is 0.163. The molecule has 51 heavy (non-hydrogen) atoms. The van der Waals surface area contributed by atoms with E-state index >= 15 is 0 Å². The summed E-state index contributed by atoms with van der Waals surface area (Å²) in [5.41, 5.74) is 4.61. The number of fused-ring (bicyclic) bond motifs is 1. The standard InChI is InChI=1S/C40H48N6O2S3/c1-9-27(32-15-16-33(50-32)30-22-41-35(44-30)31-12-10-18-45(31)38(48)39(7,49-8)24(4)5)20-26-13-14-28-29(21-26)43-36(42-28)34-40(51-34)17-11-19-46(40)37(47)25(6)23(2)3/h1,13-16,20-25,31,34H,10-12,17-19H2,2-8H3,(H,41,44)(H,42,43). The second kappa shape index (κ2) is 13.8. The van der Waals surface area contributed by atoms with Crippen LogP contribution in [0.3, 0.4) is 0 Å². The van der Waals surface area contributed by atoms with Crippen molar-refractivity contribution >= 4 is 69.4 Å². The van der Waals surface area contributed by atoms with E-state index in [1.54, 1.807) is 23.1 Å². The number of nitrogens with zero attached hydrogens (tertiary/aromatic N) is 4. The van der Waals surface area contributed by atoms with Gasteiger partial charge < -0.3 is 19.8 Å². The minimum atomic E-state index is -0.465. The van der Waals surface area contributed by atoms with Crippen LogP contribution in [-0.4, -0.2) is 70.5 Å². The summed E-state index contributed by atoms with van der Waals surface area (Å²) in [6.07, 6.45) is 15.9. The molecule has 3 saturated heterocycles. The van der Waals surface area contributed by atoms with Crippen LogP contribution in [0.2, 0.25) is 0 Å². The number of imidazole rings is 2. The normalized spacial score (nSPS) is 23.8. The van der Waals surface area contributed by atoms with Crippen molar-refractivity contribution < 1.29 is 9.59 Å². The van der Waals surface area contributed by atoms with Gasteiger partial charge >= 0.3 is 0 Å². The fourth-order valence-corrected chi connectivity index (χ4v) is 10.7. The summed E-state index contributed by atoms with van der Waals surface area (Å²) in [5.74, 6) is 5.70. The van der Waals surface area contributed by atoms with Gasteiger partial charge in [0.05, 0.1) is 43.8 Å². The Labute approximate surface area is 314 Å². The van der Waals surface area contributed by atoms with Crippen LogP contribution in [0.25, 0.3) is 33.3 Å². The quantitative estimate of drug-likeness (QED) is 0.124. The van der Waals surface area contributed by atoms with Gasteiger partial charge in [0, 0.05) is 29.5 Å². The third-order valence-corrected chi connectivity index (χ3v) is 15.8. The first-order valence-corrected chi connectivity index (χ1v) is 21.0. The number of H-pyrrole nitrogens is 2. The molecule has 5 atom stereocenters. The molecule has 2 amide bonds. The number of rotatable bonds is 10. The summed E-state index contributed by atoms with van der Waals surface area (Å²) in [6, 6.07) is 10.3. The van der Waals surface area contributed by atoms with E-state index in [9.17, 15) is 9.59 Å². The smallest absolute Gasteiger partial charge is 0.239 e. The number of aromatic nitrogens is 4. The molecule has 5 unspecified atom stereocenters. The van der Waals surface area contributed by atoms with E-state index in [1.165, 1.54) is 0 Å². The maximum Gasteiger partial charge on any atom is 0.239 e. The fraction of sp³-hybridized carbons (Fsp3) is 0.500. The lowest BCUT2D eigenvalue weighted by Crippen LogP contribution is -2.47. The van der Waals surface area contributed by atoms with Crippen molar-refractivity contribution in [2.24, 2.45) is 17.8 Å². The van der Waals surface area contributed by atoms with E-state index in [1.807, 2.05) is 41.3 Å². The highest BCUT2D eigenvalue weighted by Gasteiger charge is 2.65. The first-order valence-electron chi connectivity index (χ1n) is 18.1. The molecule has 1 aromatic carbocycles. The van der Waals surface area contributed by atoms with Crippen molar-refractivity contribution in [1.29, 1.82) is 0 Å². The number of aromatic amines is 2. The average Bonchev–Trinajstić information content (AvgIpc) is 3.81. The molecule has 3 fully saturated rings. The van der Waals surface area contributed by atoms with Gasteiger partial charge in [0.25, 0.3) is 0 Å². The number of nitrogens with one attached hydrogen (secondary N) is 2. The van der Waals surface area contributed by atoms with Crippen LogP contribution in [-0.2, 0) is 9.59 Å². The molecule has 0 bridgehead atoms. The molecule has 2 N–H and O–H groups in total. The van der Waals surface area contributed by atoms with Gasteiger partial charge in [-0.2, -0.15) is 0 Å².